The first-order valence-corrected chi connectivity index (χ1v) is 12.5. The summed E-state index contributed by atoms with van der Waals surface area (Å²) in [7, 11) is 1.82. The molecule has 5 atom stereocenters. The van der Waals surface area contributed by atoms with Gasteiger partial charge >= 0.3 is 6.03 Å². The molecule has 4 heterocycles. The molecular formula is C23H36N4O2S. The van der Waals surface area contributed by atoms with Crippen LogP contribution in [0.1, 0.15) is 25.7 Å². The number of hydrogen-bond donors (Lipinski definition) is 2. The normalized spacial score (nSPS) is 31.1. The Labute approximate surface area is 185 Å². The molecule has 4 aliphatic rings. The highest BCUT2D eigenvalue weighted by Crippen LogP contribution is 2.37. The average Bonchev–Trinajstić information content (AvgIpc) is 3.20. The molecule has 1 aromatic carbocycles. The minimum Gasteiger partial charge on any atom is -0.383 e. The standard InChI is InChI=1S/C23H36N4O2S/c1-29-16-20-6-4-9-26(20)14-18-15-27-10-8-17(18)11-21(27)13-24-23(28)25-19-5-3-7-22(12-19)30-2/h3,5,7,12,17-18,20-21H,4,6,8-11,13-16H2,1-2H3,(H2,24,25,28). The topological polar surface area (TPSA) is 56.8 Å². The fraction of sp³-hybridized carbons (Fsp3) is 0.696. The number of nitrogens with zero attached hydrogens (tertiary/aromatic N) is 2. The lowest BCUT2D eigenvalue weighted by Crippen LogP contribution is -2.59. The number of piperidine rings is 3. The van der Waals surface area contributed by atoms with Crippen molar-refractivity contribution in [1.82, 2.24) is 15.1 Å². The summed E-state index contributed by atoms with van der Waals surface area (Å²) in [6, 6.07) is 8.95. The summed E-state index contributed by atoms with van der Waals surface area (Å²) in [5.41, 5.74) is 0.848. The molecule has 0 aliphatic carbocycles. The van der Waals surface area contributed by atoms with Gasteiger partial charge in [-0.25, -0.2) is 4.79 Å². The summed E-state index contributed by atoms with van der Waals surface area (Å²) < 4.78 is 5.43. The minimum absolute atomic E-state index is 0.105. The molecule has 0 spiro atoms. The van der Waals surface area contributed by atoms with Gasteiger partial charge in [0.25, 0.3) is 0 Å². The maximum Gasteiger partial charge on any atom is 0.319 e. The molecule has 0 saturated carbocycles. The van der Waals surface area contributed by atoms with Crippen molar-refractivity contribution < 1.29 is 9.53 Å². The number of amides is 2. The average molecular weight is 433 g/mol. The second-order valence-corrected chi connectivity index (χ2v) is 9.89. The maximum atomic E-state index is 12.4. The Morgan fingerprint density at radius 2 is 2.17 bits per heavy atom. The summed E-state index contributed by atoms with van der Waals surface area (Å²) in [5.74, 6) is 1.54. The van der Waals surface area contributed by atoms with Gasteiger partial charge in [0.2, 0.25) is 0 Å². The molecule has 0 radical (unpaired) electrons. The van der Waals surface area contributed by atoms with E-state index in [0.717, 1.165) is 35.6 Å². The Balaban J connectivity index is 1.24. The minimum atomic E-state index is -0.105. The zero-order valence-corrected chi connectivity index (χ0v) is 19.1. The third-order valence-electron chi connectivity index (χ3n) is 7.17. The monoisotopic (exact) mass is 432 g/mol. The molecule has 2 N–H and O–H groups in total. The van der Waals surface area contributed by atoms with E-state index in [1.165, 1.54) is 51.9 Å². The molecule has 4 saturated heterocycles. The van der Waals surface area contributed by atoms with Crippen LogP contribution >= 0.6 is 11.8 Å². The Kier molecular flexibility index (Phi) is 7.57. The highest BCUT2D eigenvalue weighted by atomic mass is 32.2. The first kappa shape index (κ1) is 21.9. The van der Waals surface area contributed by atoms with E-state index in [9.17, 15) is 4.79 Å². The molecule has 30 heavy (non-hydrogen) atoms. The van der Waals surface area contributed by atoms with Crippen LogP contribution in [0.3, 0.4) is 0 Å². The van der Waals surface area contributed by atoms with Crippen molar-refractivity contribution in [3.63, 3.8) is 0 Å². The number of benzene rings is 1. The van der Waals surface area contributed by atoms with Gasteiger partial charge in [-0.1, -0.05) is 6.07 Å². The number of carbonyl (C=O) groups excluding carboxylic acids is 1. The molecule has 4 fully saturated rings. The number of fused-ring (bicyclic) bond motifs is 3. The van der Waals surface area contributed by atoms with Crippen molar-refractivity contribution in [3.8, 4) is 0 Å². The number of anilines is 1. The van der Waals surface area contributed by atoms with Crippen LogP contribution in [0.15, 0.2) is 29.2 Å². The lowest BCUT2D eigenvalue weighted by molar-refractivity contribution is -0.0162. The fourth-order valence-electron chi connectivity index (χ4n) is 5.57. The number of nitrogens with one attached hydrogen (secondary N) is 2. The van der Waals surface area contributed by atoms with E-state index >= 15 is 0 Å². The quantitative estimate of drug-likeness (QED) is 0.617. The molecule has 4 aliphatic heterocycles. The van der Waals surface area contributed by atoms with E-state index in [1.807, 2.05) is 31.6 Å². The molecular weight excluding hydrogens is 396 g/mol. The number of thioether (sulfide) groups is 1. The number of ether oxygens (including phenoxy) is 1. The van der Waals surface area contributed by atoms with Crippen molar-refractivity contribution >= 4 is 23.5 Å². The van der Waals surface area contributed by atoms with Crippen molar-refractivity contribution in [3.05, 3.63) is 24.3 Å². The smallest absolute Gasteiger partial charge is 0.319 e. The number of hydrogen-bond acceptors (Lipinski definition) is 5. The molecule has 7 heteroatoms. The molecule has 2 amide bonds. The van der Waals surface area contributed by atoms with Gasteiger partial charge in [-0.05, 0) is 75.1 Å². The van der Waals surface area contributed by atoms with Crippen LogP contribution in [0.5, 0.6) is 0 Å². The first-order valence-electron chi connectivity index (χ1n) is 11.3. The van der Waals surface area contributed by atoms with Gasteiger partial charge in [0, 0.05) is 49.4 Å². The van der Waals surface area contributed by atoms with Crippen molar-refractivity contribution in [2.75, 3.05) is 58.0 Å². The van der Waals surface area contributed by atoms with Gasteiger partial charge in [-0.15, -0.1) is 11.8 Å². The predicted octanol–water partition coefficient (Wildman–Crippen LogP) is 3.35. The first-order chi connectivity index (χ1) is 14.7. The lowest BCUT2D eigenvalue weighted by atomic mass is 9.75. The molecule has 5 unspecified atom stereocenters. The second-order valence-electron chi connectivity index (χ2n) is 9.01. The van der Waals surface area contributed by atoms with E-state index in [2.05, 4.69) is 26.5 Å². The van der Waals surface area contributed by atoms with Gasteiger partial charge in [0.15, 0.2) is 0 Å². The molecule has 0 aromatic heterocycles. The van der Waals surface area contributed by atoms with Crippen LogP contribution in [-0.4, -0.2) is 80.6 Å². The third-order valence-corrected chi connectivity index (χ3v) is 7.89. The Bertz CT molecular complexity index is 718. The van der Waals surface area contributed by atoms with Crippen molar-refractivity contribution in [2.45, 2.75) is 42.7 Å². The van der Waals surface area contributed by atoms with Gasteiger partial charge in [-0.3, -0.25) is 9.80 Å². The zero-order chi connectivity index (χ0) is 20.9. The number of methoxy groups -OCH3 is 1. The van der Waals surface area contributed by atoms with E-state index in [0.29, 0.717) is 12.1 Å². The van der Waals surface area contributed by atoms with Crippen LogP contribution in [0.4, 0.5) is 10.5 Å². The fourth-order valence-corrected chi connectivity index (χ4v) is 6.03. The van der Waals surface area contributed by atoms with E-state index in [1.54, 1.807) is 11.8 Å². The molecule has 2 bridgehead atoms. The second kappa shape index (κ2) is 10.4. The van der Waals surface area contributed by atoms with Crippen LogP contribution < -0.4 is 10.6 Å². The number of urea groups is 1. The molecule has 5 rings (SSSR count). The van der Waals surface area contributed by atoms with Crippen molar-refractivity contribution in [1.29, 1.82) is 0 Å². The van der Waals surface area contributed by atoms with E-state index in [-0.39, 0.29) is 6.03 Å². The lowest BCUT2D eigenvalue weighted by Gasteiger charge is -2.51. The largest absolute Gasteiger partial charge is 0.383 e. The number of carbonyl (C=O) groups is 1. The van der Waals surface area contributed by atoms with Crippen LogP contribution in [0.2, 0.25) is 0 Å². The number of rotatable bonds is 8. The van der Waals surface area contributed by atoms with Crippen LogP contribution in [0, 0.1) is 11.8 Å². The van der Waals surface area contributed by atoms with Gasteiger partial charge in [0.05, 0.1) is 6.61 Å². The highest BCUT2D eigenvalue weighted by Gasteiger charge is 2.41. The van der Waals surface area contributed by atoms with Crippen molar-refractivity contribution in [2.24, 2.45) is 11.8 Å². The van der Waals surface area contributed by atoms with Crippen LogP contribution in [0.25, 0.3) is 0 Å². The SMILES string of the molecule is COCC1CCCN1CC1CN2CCC1CC2CNC(=O)Nc1cccc(SC)c1. The maximum absolute atomic E-state index is 12.4. The number of likely N-dealkylation sites (tertiary alicyclic amines) is 1. The van der Waals surface area contributed by atoms with Gasteiger partial charge in [0.1, 0.15) is 0 Å². The van der Waals surface area contributed by atoms with Crippen LogP contribution in [-0.2, 0) is 4.74 Å². The van der Waals surface area contributed by atoms with Gasteiger partial charge in [-0.2, -0.15) is 0 Å². The predicted molar refractivity (Wildman–Crippen MR) is 123 cm³/mol. The Morgan fingerprint density at radius 1 is 1.27 bits per heavy atom. The summed E-state index contributed by atoms with van der Waals surface area (Å²) in [4.78, 5) is 18.8. The Hall–Kier alpha value is -1.28. The van der Waals surface area contributed by atoms with E-state index < -0.39 is 0 Å². The zero-order valence-electron chi connectivity index (χ0n) is 18.3. The highest BCUT2D eigenvalue weighted by molar-refractivity contribution is 7.98. The third kappa shape index (κ3) is 5.31. The summed E-state index contributed by atoms with van der Waals surface area (Å²) in [5, 5.41) is 6.08. The Morgan fingerprint density at radius 3 is 2.93 bits per heavy atom. The molecule has 1 aromatic rings. The summed E-state index contributed by atoms with van der Waals surface area (Å²) in [6.45, 7) is 6.37. The van der Waals surface area contributed by atoms with Gasteiger partial charge < -0.3 is 15.4 Å². The molecule has 6 nitrogen and oxygen atoms in total. The molecule has 166 valence electrons. The van der Waals surface area contributed by atoms with E-state index in [4.69, 9.17) is 4.74 Å². The summed E-state index contributed by atoms with van der Waals surface area (Å²) in [6.07, 6.45) is 7.13. The summed E-state index contributed by atoms with van der Waals surface area (Å²) >= 11 is 1.68.